The molecule has 0 saturated carbocycles. The van der Waals surface area contributed by atoms with Crippen molar-refractivity contribution in [3.8, 4) is 0 Å². The van der Waals surface area contributed by atoms with Crippen molar-refractivity contribution in [1.82, 2.24) is 0 Å². The van der Waals surface area contributed by atoms with Crippen molar-refractivity contribution in [2.45, 2.75) is 24.7 Å². The number of halogens is 1. The van der Waals surface area contributed by atoms with Gasteiger partial charge in [-0.15, -0.1) is 0 Å². The number of nitrogens with zero attached hydrogens (tertiary/aromatic N) is 1. The van der Waals surface area contributed by atoms with E-state index in [1.807, 2.05) is 13.0 Å². The Hall–Kier alpha value is -0.740. The van der Waals surface area contributed by atoms with Crippen LogP contribution in [-0.2, 0) is 9.05 Å². The van der Waals surface area contributed by atoms with Gasteiger partial charge in [0.1, 0.15) is 0 Å². The maximum absolute atomic E-state index is 11.2. The summed E-state index contributed by atoms with van der Waals surface area (Å²) >= 11 is 0. The highest BCUT2D eigenvalue weighted by Crippen LogP contribution is 2.27. The molecule has 0 amide bonds. The van der Waals surface area contributed by atoms with E-state index in [1.165, 1.54) is 12.8 Å². The third kappa shape index (κ3) is 2.33. The van der Waals surface area contributed by atoms with Gasteiger partial charge >= 0.3 is 0 Å². The molecule has 3 nitrogen and oxygen atoms in total. The highest BCUT2D eigenvalue weighted by molar-refractivity contribution is 8.13. The normalized spacial score (nSPS) is 16.8. The molecule has 88 valence electrons. The number of hydrogen-bond donors (Lipinski definition) is 0. The molecule has 1 aliphatic rings. The van der Waals surface area contributed by atoms with Crippen LogP contribution in [-0.4, -0.2) is 21.5 Å². The summed E-state index contributed by atoms with van der Waals surface area (Å²) in [5.74, 6) is 0. The van der Waals surface area contributed by atoms with Crippen LogP contribution in [0.1, 0.15) is 18.4 Å². The Morgan fingerprint density at radius 2 is 1.88 bits per heavy atom. The molecular weight excluding hydrogens is 246 g/mol. The van der Waals surface area contributed by atoms with Crippen molar-refractivity contribution in [2.24, 2.45) is 0 Å². The fourth-order valence-electron chi connectivity index (χ4n) is 2.09. The van der Waals surface area contributed by atoms with Gasteiger partial charge in [0.25, 0.3) is 9.05 Å². The van der Waals surface area contributed by atoms with Gasteiger partial charge in [-0.3, -0.25) is 0 Å². The fourth-order valence-corrected chi connectivity index (χ4v) is 2.93. The minimum atomic E-state index is -3.61. The van der Waals surface area contributed by atoms with Crippen LogP contribution in [0.15, 0.2) is 23.1 Å². The second-order valence-corrected chi connectivity index (χ2v) is 6.65. The summed E-state index contributed by atoms with van der Waals surface area (Å²) in [7, 11) is 1.69. The topological polar surface area (TPSA) is 37.4 Å². The fraction of sp³-hybridized carbons (Fsp3) is 0.455. The van der Waals surface area contributed by atoms with Crippen molar-refractivity contribution in [1.29, 1.82) is 0 Å². The molecule has 2 rings (SSSR count). The summed E-state index contributed by atoms with van der Waals surface area (Å²) in [4.78, 5) is 2.45. The first-order chi connectivity index (χ1) is 7.48. The maximum atomic E-state index is 11.2. The first-order valence-electron chi connectivity index (χ1n) is 5.29. The molecule has 1 aromatic carbocycles. The van der Waals surface area contributed by atoms with Crippen LogP contribution in [0.3, 0.4) is 0 Å². The van der Waals surface area contributed by atoms with Gasteiger partial charge in [-0.2, -0.15) is 0 Å². The van der Waals surface area contributed by atoms with Gasteiger partial charge < -0.3 is 4.90 Å². The third-order valence-corrected chi connectivity index (χ3v) is 4.25. The minimum absolute atomic E-state index is 0.176. The molecule has 0 radical (unpaired) electrons. The van der Waals surface area contributed by atoms with E-state index in [0.29, 0.717) is 0 Å². The van der Waals surface area contributed by atoms with E-state index in [1.54, 1.807) is 12.1 Å². The Bertz CT molecular complexity index is 493. The average Bonchev–Trinajstić information content (AvgIpc) is 2.69. The Labute approximate surface area is 100 Å². The van der Waals surface area contributed by atoms with Crippen LogP contribution in [0.25, 0.3) is 0 Å². The molecular formula is C11H14ClNO2S. The SMILES string of the molecule is Cc1cc(S(=O)(=O)Cl)ccc1N1CCCC1. The number of anilines is 1. The lowest BCUT2D eigenvalue weighted by Crippen LogP contribution is -2.18. The first kappa shape index (κ1) is 11.7. The molecule has 1 heterocycles. The first-order valence-corrected chi connectivity index (χ1v) is 7.60. The zero-order chi connectivity index (χ0) is 11.8. The summed E-state index contributed by atoms with van der Waals surface area (Å²) in [6.07, 6.45) is 2.41. The van der Waals surface area contributed by atoms with Crippen molar-refractivity contribution in [2.75, 3.05) is 18.0 Å². The number of rotatable bonds is 2. The zero-order valence-electron chi connectivity index (χ0n) is 9.11. The lowest BCUT2D eigenvalue weighted by Gasteiger charge is -2.20. The van der Waals surface area contributed by atoms with Crippen LogP contribution in [0.2, 0.25) is 0 Å². The molecule has 0 unspecified atom stereocenters. The molecule has 0 aliphatic carbocycles. The largest absolute Gasteiger partial charge is 0.371 e. The second-order valence-electron chi connectivity index (χ2n) is 4.08. The van der Waals surface area contributed by atoms with Crippen LogP contribution in [0.5, 0.6) is 0 Å². The van der Waals surface area contributed by atoms with E-state index < -0.39 is 9.05 Å². The molecule has 0 N–H and O–H groups in total. The van der Waals surface area contributed by atoms with Gasteiger partial charge in [0.15, 0.2) is 0 Å². The van der Waals surface area contributed by atoms with Crippen molar-refractivity contribution in [3.05, 3.63) is 23.8 Å². The smallest absolute Gasteiger partial charge is 0.261 e. The molecule has 0 atom stereocenters. The predicted octanol–water partition coefficient (Wildman–Crippen LogP) is 2.52. The Morgan fingerprint density at radius 1 is 1.25 bits per heavy atom. The zero-order valence-corrected chi connectivity index (χ0v) is 10.7. The molecule has 16 heavy (non-hydrogen) atoms. The predicted molar refractivity (Wildman–Crippen MR) is 65.7 cm³/mol. The lowest BCUT2D eigenvalue weighted by molar-refractivity contribution is 0.609. The molecule has 1 saturated heterocycles. The molecule has 1 fully saturated rings. The van der Waals surface area contributed by atoms with E-state index in [9.17, 15) is 8.42 Å². The summed E-state index contributed by atoms with van der Waals surface area (Å²) in [5, 5.41) is 0. The van der Waals surface area contributed by atoms with E-state index in [0.717, 1.165) is 24.3 Å². The van der Waals surface area contributed by atoms with Crippen molar-refractivity contribution < 1.29 is 8.42 Å². The standard InChI is InChI=1S/C11H14ClNO2S/c1-9-8-10(16(12,14)15)4-5-11(9)13-6-2-3-7-13/h4-5,8H,2-3,6-7H2,1H3. The van der Waals surface area contributed by atoms with Crippen LogP contribution < -0.4 is 4.90 Å². The lowest BCUT2D eigenvalue weighted by atomic mass is 10.2. The van der Waals surface area contributed by atoms with Crippen LogP contribution >= 0.6 is 10.7 Å². The average molecular weight is 260 g/mol. The molecule has 5 heteroatoms. The van der Waals surface area contributed by atoms with Gasteiger partial charge in [0, 0.05) is 29.5 Å². The third-order valence-electron chi connectivity index (χ3n) is 2.90. The number of benzene rings is 1. The number of aryl methyl sites for hydroxylation is 1. The van der Waals surface area contributed by atoms with Crippen molar-refractivity contribution in [3.63, 3.8) is 0 Å². The molecule has 0 bridgehead atoms. The van der Waals surface area contributed by atoms with Gasteiger partial charge in [-0.05, 0) is 43.5 Å². The summed E-state index contributed by atoms with van der Waals surface area (Å²) in [6, 6.07) is 5.05. The Kier molecular flexibility index (Phi) is 3.13. The minimum Gasteiger partial charge on any atom is -0.371 e. The molecule has 0 spiro atoms. The highest BCUT2D eigenvalue weighted by Gasteiger charge is 2.16. The van der Waals surface area contributed by atoms with Gasteiger partial charge in [-0.1, -0.05) is 0 Å². The van der Waals surface area contributed by atoms with Crippen LogP contribution in [0, 0.1) is 6.92 Å². The second kappa shape index (κ2) is 4.26. The molecule has 0 aromatic heterocycles. The highest BCUT2D eigenvalue weighted by atomic mass is 35.7. The van der Waals surface area contributed by atoms with E-state index in [4.69, 9.17) is 10.7 Å². The summed E-state index contributed by atoms with van der Waals surface area (Å²) in [5.41, 5.74) is 2.07. The maximum Gasteiger partial charge on any atom is 0.261 e. The monoisotopic (exact) mass is 259 g/mol. The van der Waals surface area contributed by atoms with Gasteiger partial charge in [0.2, 0.25) is 0 Å². The Balaban J connectivity index is 2.37. The van der Waals surface area contributed by atoms with Gasteiger partial charge in [-0.25, -0.2) is 8.42 Å². The van der Waals surface area contributed by atoms with Crippen LogP contribution in [0.4, 0.5) is 5.69 Å². The van der Waals surface area contributed by atoms with E-state index in [2.05, 4.69) is 4.90 Å². The molecule has 1 aliphatic heterocycles. The number of hydrogen-bond acceptors (Lipinski definition) is 3. The molecule has 1 aromatic rings. The quantitative estimate of drug-likeness (QED) is 0.766. The van der Waals surface area contributed by atoms with E-state index >= 15 is 0 Å². The Morgan fingerprint density at radius 3 is 2.38 bits per heavy atom. The summed E-state index contributed by atoms with van der Waals surface area (Å²) in [6.45, 7) is 4.01. The van der Waals surface area contributed by atoms with E-state index in [-0.39, 0.29) is 4.90 Å². The summed E-state index contributed by atoms with van der Waals surface area (Å²) < 4.78 is 22.3. The van der Waals surface area contributed by atoms with Crippen molar-refractivity contribution >= 4 is 25.4 Å². The van der Waals surface area contributed by atoms with Gasteiger partial charge in [0.05, 0.1) is 4.90 Å².